The third kappa shape index (κ3) is 8.54. The number of aryl methyl sites for hydroxylation is 1. The van der Waals surface area contributed by atoms with Crippen LogP contribution in [-0.4, -0.2) is 69.5 Å². The van der Waals surface area contributed by atoms with Gasteiger partial charge in [-0.15, -0.1) is 0 Å². The highest BCUT2D eigenvalue weighted by atomic mass is 19.3. The maximum atomic E-state index is 14.2. The van der Waals surface area contributed by atoms with E-state index in [9.17, 15) is 36.7 Å². The number of halogens is 4. The normalized spacial score (nSPS) is 16.7. The number of anilines is 1. The van der Waals surface area contributed by atoms with Gasteiger partial charge in [-0.3, -0.25) is 19.5 Å². The highest BCUT2D eigenvalue weighted by Crippen LogP contribution is 2.42. The Morgan fingerprint density at radius 2 is 1.58 bits per heavy atom. The van der Waals surface area contributed by atoms with E-state index in [0.29, 0.717) is 30.9 Å². The number of nitrogens with two attached hydrogens (primary N) is 1. The molecule has 1 atom stereocenters. The maximum Gasteiger partial charge on any atom is 0.411 e. The fourth-order valence-electron chi connectivity index (χ4n) is 6.18. The van der Waals surface area contributed by atoms with Crippen LogP contribution in [0.5, 0.6) is 0 Å². The van der Waals surface area contributed by atoms with Crippen molar-refractivity contribution in [1.82, 2.24) is 25.8 Å². The van der Waals surface area contributed by atoms with Crippen molar-refractivity contribution in [1.29, 1.82) is 0 Å². The first-order valence-electron chi connectivity index (χ1n) is 16.9. The second-order valence-corrected chi connectivity index (χ2v) is 13.1. The van der Waals surface area contributed by atoms with Crippen molar-refractivity contribution in [3.8, 4) is 22.5 Å². The van der Waals surface area contributed by atoms with Crippen molar-refractivity contribution < 1.29 is 41.8 Å². The fourth-order valence-corrected chi connectivity index (χ4v) is 6.18. The Hall–Kier alpha value is -5.64. The molecule has 280 valence electrons. The van der Waals surface area contributed by atoms with E-state index >= 15 is 0 Å². The number of carbonyl (C=O) groups excluding carboxylic acids is 3. The number of alkyl halides is 4. The zero-order chi connectivity index (χ0) is 38.5. The lowest BCUT2D eigenvalue weighted by Crippen LogP contribution is -2.48. The molecule has 16 heteroatoms. The Labute approximate surface area is 302 Å². The van der Waals surface area contributed by atoms with E-state index in [1.165, 1.54) is 24.3 Å². The molecule has 0 aliphatic heterocycles. The molecular formula is C37H39F4N7O5. The van der Waals surface area contributed by atoms with E-state index in [-0.39, 0.29) is 35.4 Å². The first-order chi connectivity index (χ1) is 25.1. The molecular weight excluding hydrogens is 698 g/mol. The molecule has 1 heterocycles. The molecule has 3 amide bonds. The number of nitrogens with one attached hydrogen (secondary N) is 4. The van der Waals surface area contributed by atoms with Gasteiger partial charge in [-0.25, -0.2) is 9.78 Å². The van der Waals surface area contributed by atoms with Gasteiger partial charge in [-0.2, -0.15) is 22.7 Å². The highest BCUT2D eigenvalue weighted by Gasteiger charge is 2.65. The van der Waals surface area contributed by atoms with Gasteiger partial charge in [0.25, 0.3) is 5.91 Å². The minimum Gasteiger partial charge on any atom is -0.477 e. The summed E-state index contributed by atoms with van der Waals surface area (Å²) in [5.41, 5.74) is 10.1. The molecule has 1 saturated carbocycles. The molecule has 1 aromatic heterocycles. The lowest BCUT2D eigenvalue weighted by Gasteiger charge is -2.28. The Bertz CT molecular complexity index is 1960. The van der Waals surface area contributed by atoms with Gasteiger partial charge in [0, 0.05) is 36.2 Å². The number of hydrogen-bond acceptors (Lipinski definition) is 7. The number of carboxylic acids is 1. The van der Waals surface area contributed by atoms with Crippen molar-refractivity contribution in [3.05, 3.63) is 89.2 Å². The standard InChI is InChI=1S/C37H39F4N7O5/c1-20-3-8-26(31(49)43-2)18-28(20)23-9-4-21(5-10-23)17-29(45-32(50)25-11-6-22(19-42)7-12-25)33(51)44-27-15-13-24(14-16-27)30-46-34(48-47-30)36(38,39)37(40,41)35(52)53/h3-5,8-10,13-16,18,22,25,29H,6-7,11-12,17,19,42H2,1-2H3,(H,43,49)(H,44,51)(H,45,50)(H,52,53)(H,46,47,48). The summed E-state index contributed by atoms with van der Waals surface area (Å²) in [5, 5.41) is 22.0. The molecule has 7 N–H and O–H groups in total. The molecule has 1 aliphatic carbocycles. The van der Waals surface area contributed by atoms with Crippen molar-refractivity contribution in [2.45, 2.75) is 56.9 Å². The number of aromatic amines is 1. The van der Waals surface area contributed by atoms with Gasteiger partial charge < -0.3 is 26.8 Å². The van der Waals surface area contributed by atoms with Crippen LogP contribution in [0.25, 0.3) is 22.5 Å². The first kappa shape index (κ1) is 38.6. The number of nitrogens with zero attached hydrogens (tertiary/aromatic N) is 2. The second kappa shape index (κ2) is 15.9. The Morgan fingerprint density at radius 1 is 0.943 bits per heavy atom. The molecule has 0 spiro atoms. The lowest BCUT2D eigenvalue weighted by molar-refractivity contribution is -0.231. The highest BCUT2D eigenvalue weighted by molar-refractivity contribution is 5.98. The van der Waals surface area contributed by atoms with Gasteiger partial charge in [0.15, 0.2) is 5.82 Å². The van der Waals surface area contributed by atoms with Crippen molar-refractivity contribution in [2.24, 2.45) is 17.6 Å². The van der Waals surface area contributed by atoms with Gasteiger partial charge in [-0.1, -0.05) is 30.3 Å². The van der Waals surface area contributed by atoms with Gasteiger partial charge in [0.1, 0.15) is 6.04 Å². The van der Waals surface area contributed by atoms with Crippen LogP contribution < -0.4 is 21.7 Å². The minimum absolute atomic E-state index is 0.106. The second-order valence-electron chi connectivity index (χ2n) is 13.1. The summed E-state index contributed by atoms with van der Waals surface area (Å²) in [4.78, 5) is 53.4. The molecule has 3 aromatic carbocycles. The molecule has 1 aliphatic rings. The smallest absolute Gasteiger partial charge is 0.411 e. The average Bonchev–Trinajstić information content (AvgIpc) is 3.66. The van der Waals surface area contributed by atoms with Gasteiger partial charge in [0.2, 0.25) is 17.6 Å². The quantitative estimate of drug-likeness (QED) is 0.103. The predicted molar refractivity (Wildman–Crippen MR) is 187 cm³/mol. The van der Waals surface area contributed by atoms with E-state index in [1.807, 2.05) is 37.3 Å². The zero-order valence-corrected chi connectivity index (χ0v) is 28.9. The van der Waals surface area contributed by atoms with E-state index in [0.717, 1.165) is 35.1 Å². The Morgan fingerprint density at radius 3 is 2.19 bits per heavy atom. The maximum absolute atomic E-state index is 14.2. The number of benzene rings is 3. The summed E-state index contributed by atoms with van der Waals surface area (Å²) in [7, 11) is 1.56. The van der Waals surface area contributed by atoms with Crippen LogP contribution >= 0.6 is 0 Å². The van der Waals surface area contributed by atoms with Crippen LogP contribution in [0.4, 0.5) is 23.2 Å². The Balaban J connectivity index is 1.33. The molecule has 0 saturated heterocycles. The predicted octanol–water partition coefficient (Wildman–Crippen LogP) is 5.05. The Kier molecular flexibility index (Phi) is 11.6. The van der Waals surface area contributed by atoms with E-state index in [1.54, 1.807) is 24.3 Å². The number of aliphatic carboxylic acids is 1. The molecule has 4 aromatic rings. The minimum atomic E-state index is -5.44. The molecule has 53 heavy (non-hydrogen) atoms. The third-order valence-corrected chi connectivity index (χ3v) is 9.47. The van der Waals surface area contributed by atoms with Gasteiger partial charge in [-0.05, 0) is 104 Å². The molecule has 1 fully saturated rings. The van der Waals surface area contributed by atoms with Crippen molar-refractivity contribution in [2.75, 3.05) is 18.9 Å². The van der Waals surface area contributed by atoms with E-state index < -0.39 is 41.4 Å². The number of hydrogen-bond donors (Lipinski definition) is 6. The molecule has 12 nitrogen and oxygen atoms in total. The summed E-state index contributed by atoms with van der Waals surface area (Å²) in [6, 6.07) is 17.4. The summed E-state index contributed by atoms with van der Waals surface area (Å²) >= 11 is 0. The van der Waals surface area contributed by atoms with Crippen LogP contribution in [0.2, 0.25) is 0 Å². The van der Waals surface area contributed by atoms with Crippen LogP contribution in [0.1, 0.15) is 53.0 Å². The van der Waals surface area contributed by atoms with Crippen molar-refractivity contribution in [3.63, 3.8) is 0 Å². The molecule has 5 rings (SSSR count). The van der Waals surface area contributed by atoms with Crippen molar-refractivity contribution >= 4 is 29.4 Å². The van der Waals surface area contributed by atoms with Gasteiger partial charge >= 0.3 is 17.8 Å². The fraction of sp³-hybridized carbons (Fsp3) is 0.351. The average molecular weight is 738 g/mol. The number of carbonyl (C=O) groups is 4. The lowest BCUT2D eigenvalue weighted by atomic mass is 9.81. The van der Waals surface area contributed by atoms with Gasteiger partial charge in [0.05, 0.1) is 0 Å². The summed E-state index contributed by atoms with van der Waals surface area (Å²) in [6.45, 7) is 2.49. The molecule has 0 bridgehead atoms. The number of rotatable bonds is 13. The number of H-pyrrole nitrogens is 1. The largest absolute Gasteiger partial charge is 0.477 e. The summed E-state index contributed by atoms with van der Waals surface area (Å²) in [5.74, 6) is -16.6. The monoisotopic (exact) mass is 737 g/mol. The third-order valence-electron chi connectivity index (χ3n) is 9.47. The summed E-state index contributed by atoms with van der Waals surface area (Å²) in [6.07, 6.45) is 3.06. The first-order valence-corrected chi connectivity index (χ1v) is 16.9. The van der Waals surface area contributed by atoms with Crippen LogP contribution in [0.3, 0.4) is 0 Å². The van der Waals surface area contributed by atoms with E-state index in [4.69, 9.17) is 10.8 Å². The molecule has 1 unspecified atom stereocenters. The topological polar surface area (TPSA) is 192 Å². The number of carboxylic acid groups (broad SMARTS) is 1. The van der Waals surface area contributed by atoms with Crippen LogP contribution in [0.15, 0.2) is 66.7 Å². The zero-order valence-electron chi connectivity index (χ0n) is 28.9. The molecule has 0 radical (unpaired) electrons. The number of aromatic nitrogens is 3. The van der Waals surface area contributed by atoms with Crippen LogP contribution in [-0.2, 0) is 26.7 Å². The number of amides is 3. The SMILES string of the molecule is CNC(=O)c1ccc(C)c(-c2ccc(CC(NC(=O)C3CCC(CN)CC3)C(=O)Nc3ccc(-c4n[nH]c(C(F)(F)C(F)(F)C(=O)O)n4)cc3)cc2)c1. The van der Waals surface area contributed by atoms with Crippen LogP contribution in [0, 0.1) is 18.8 Å². The van der Waals surface area contributed by atoms with E-state index in [2.05, 4.69) is 26.0 Å². The summed E-state index contributed by atoms with van der Waals surface area (Å²) < 4.78 is 55.7.